The smallest absolute Gasteiger partial charge is 0.297 e. The quantitative estimate of drug-likeness (QED) is 0.819. The van der Waals surface area contributed by atoms with E-state index in [-0.39, 0.29) is 11.6 Å². The number of likely N-dealkylation sites (tertiary alicyclic amines) is 1. The summed E-state index contributed by atoms with van der Waals surface area (Å²) in [6, 6.07) is 2.71. The number of hydrogen-bond acceptors (Lipinski definition) is 2. The van der Waals surface area contributed by atoms with Crippen LogP contribution in [0.4, 0.5) is 13.2 Å². The van der Waals surface area contributed by atoms with Crippen LogP contribution in [0.5, 0.6) is 0 Å². The Kier molecular flexibility index (Phi) is 4.91. The number of halogens is 3. The summed E-state index contributed by atoms with van der Waals surface area (Å²) in [6.45, 7) is 8.37. The minimum Gasteiger partial charge on any atom is -0.297 e. The van der Waals surface area contributed by atoms with Gasteiger partial charge in [-0.2, -0.15) is 13.2 Å². The maximum atomic E-state index is 13.0. The van der Waals surface area contributed by atoms with Gasteiger partial charge >= 0.3 is 6.18 Å². The van der Waals surface area contributed by atoms with Crippen LogP contribution in [0.3, 0.4) is 0 Å². The number of pyridine rings is 1. The Bertz CT molecular complexity index is 483. The van der Waals surface area contributed by atoms with Crippen molar-refractivity contribution in [1.82, 2.24) is 9.88 Å². The second kappa shape index (κ2) is 6.34. The Balaban J connectivity index is 2.20. The summed E-state index contributed by atoms with van der Waals surface area (Å²) in [5, 5.41) is 0. The van der Waals surface area contributed by atoms with Crippen molar-refractivity contribution in [1.29, 1.82) is 0 Å². The zero-order chi connectivity index (χ0) is 15.6. The minimum absolute atomic E-state index is 0.157. The van der Waals surface area contributed by atoms with Gasteiger partial charge in [0.05, 0.1) is 17.0 Å². The largest absolute Gasteiger partial charge is 0.418 e. The first-order chi connectivity index (χ1) is 9.77. The predicted molar refractivity (Wildman–Crippen MR) is 77.0 cm³/mol. The lowest BCUT2D eigenvalue weighted by Gasteiger charge is -2.30. The van der Waals surface area contributed by atoms with Gasteiger partial charge in [0.1, 0.15) is 0 Å². The second-order valence-corrected chi connectivity index (χ2v) is 6.37. The molecule has 21 heavy (non-hydrogen) atoms. The predicted octanol–water partition coefficient (Wildman–Crippen LogP) is 4.46. The molecule has 1 aliphatic heterocycles. The maximum absolute atomic E-state index is 13.0. The number of aromatic nitrogens is 1. The molecule has 0 bridgehead atoms. The first-order valence-electron chi connectivity index (χ1n) is 7.56. The Morgan fingerprint density at radius 3 is 2.62 bits per heavy atom. The molecule has 0 spiro atoms. The van der Waals surface area contributed by atoms with Crippen LogP contribution < -0.4 is 0 Å². The van der Waals surface area contributed by atoms with Crippen LogP contribution in [0.25, 0.3) is 0 Å². The molecule has 0 aromatic carbocycles. The molecule has 0 radical (unpaired) electrons. The topological polar surface area (TPSA) is 16.1 Å². The highest BCUT2D eigenvalue weighted by molar-refractivity contribution is 5.28. The molecular weight excluding hydrogens is 277 g/mol. The maximum Gasteiger partial charge on any atom is 0.418 e. The Morgan fingerprint density at radius 2 is 2.05 bits per heavy atom. The minimum atomic E-state index is -4.33. The second-order valence-electron chi connectivity index (χ2n) is 6.37. The van der Waals surface area contributed by atoms with Gasteiger partial charge in [-0.25, -0.2) is 0 Å². The van der Waals surface area contributed by atoms with E-state index in [1.807, 2.05) is 0 Å². The van der Waals surface area contributed by atoms with Gasteiger partial charge in [0.15, 0.2) is 0 Å². The summed E-state index contributed by atoms with van der Waals surface area (Å²) in [5.74, 6) is 0.416. The van der Waals surface area contributed by atoms with Crippen molar-refractivity contribution in [2.75, 3.05) is 13.1 Å². The van der Waals surface area contributed by atoms with Crippen LogP contribution in [0.2, 0.25) is 0 Å². The summed E-state index contributed by atoms with van der Waals surface area (Å²) in [4.78, 5) is 6.58. The first-order valence-corrected chi connectivity index (χ1v) is 7.56. The molecule has 2 rings (SSSR count). The summed E-state index contributed by atoms with van der Waals surface area (Å²) >= 11 is 0. The molecule has 5 heteroatoms. The number of alkyl halides is 3. The molecule has 1 aromatic heterocycles. The van der Waals surface area contributed by atoms with E-state index in [2.05, 4.69) is 16.8 Å². The van der Waals surface area contributed by atoms with Gasteiger partial charge in [-0.15, -0.1) is 0 Å². The lowest BCUT2D eigenvalue weighted by molar-refractivity contribution is -0.138. The molecule has 1 aromatic rings. The van der Waals surface area contributed by atoms with Crippen molar-refractivity contribution in [3.05, 3.63) is 29.1 Å². The first kappa shape index (κ1) is 16.3. The highest BCUT2D eigenvalue weighted by Gasteiger charge is 2.35. The lowest BCUT2D eigenvalue weighted by atomic mass is 9.99. The molecule has 118 valence electrons. The molecule has 2 nitrogen and oxygen atoms in total. The van der Waals surface area contributed by atoms with Crippen molar-refractivity contribution >= 4 is 0 Å². The number of nitrogens with zero attached hydrogens (tertiary/aromatic N) is 2. The fourth-order valence-corrected chi connectivity index (χ4v) is 2.94. The van der Waals surface area contributed by atoms with E-state index in [4.69, 9.17) is 0 Å². The Labute approximate surface area is 124 Å². The standard InChI is InChI=1S/C16H23F3N2/c1-11(2)15-14(16(17,18)19)7-6-13(20-15)10-21-8-4-5-12(3)9-21/h6-7,11-12H,4-5,8-10H2,1-3H3/t12-/m0/s1. The molecule has 0 saturated carbocycles. The van der Waals surface area contributed by atoms with E-state index in [0.717, 1.165) is 25.2 Å². The van der Waals surface area contributed by atoms with Crippen molar-refractivity contribution < 1.29 is 13.2 Å². The van der Waals surface area contributed by atoms with E-state index in [0.29, 0.717) is 12.5 Å². The highest BCUT2D eigenvalue weighted by Crippen LogP contribution is 2.34. The summed E-state index contributed by atoms with van der Waals surface area (Å²) in [6.07, 6.45) is -1.95. The van der Waals surface area contributed by atoms with Gasteiger partial charge < -0.3 is 0 Å². The van der Waals surface area contributed by atoms with Crippen molar-refractivity contribution in [2.24, 2.45) is 5.92 Å². The fourth-order valence-electron chi connectivity index (χ4n) is 2.94. The van der Waals surface area contributed by atoms with Crippen LogP contribution in [-0.2, 0) is 12.7 Å². The Morgan fingerprint density at radius 1 is 1.33 bits per heavy atom. The molecule has 0 N–H and O–H groups in total. The lowest BCUT2D eigenvalue weighted by Crippen LogP contribution is -2.34. The molecule has 1 aliphatic rings. The summed E-state index contributed by atoms with van der Waals surface area (Å²) < 4.78 is 39.0. The molecule has 1 fully saturated rings. The van der Waals surface area contributed by atoms with Crippen molar-refractivity contribution in [2.45, 2.75) is 52.3 Å². The van der Waals surface area contributed by atoms with Crippen LogP contribution in [-0.4, -0.2) is 23.0 Å². The average molecular weight is 300 g/mol. The molecule has 0 aliphatic carbocycles. The molecule has 1 saturated heterocycles. The average Bonchev–Trinajstić information content (AvgIpc) is 2.37. The number of piperidine rings is 1. The molecule has 0 unspecified atom stereocenters. The van der Waals surface area contributed by atoms with Gasteiger partial charge in [0, 0.05) is 13.1 Å². The summed E-state index contributed by atoms with van der Waals surface area (Å²) in [5.41, 5.74) is 0.291. The van der Waals surface area contributed by atoms with E-state index in [9.17, 15) is 13.2 Å². The zero-order valence-corrected chi connectivity index (χ0v) is 12.9. The van der Waals surface area contributed by atoms with Gasteiger partial charge in [-0.1, -0.05) is 20.8 Å². The normalized spacial score (nSPS) is 21.0. The van der Waals surface area contributed by atoms with Crippen LogP contribution >= 0.6 is 0 Å². The van der Waals surface area contributed by atoms with Crippen molar-refractivity contribution in [3.8, 4) is 0 Å². The van der Waals surface area contributed by atoms with E-state index in [1.165, 1.54) is 18.6 Å². The highest BCUT2D eigenvalue weighted by atomic mass is 19.4. The van der Waals surface area contributed by atoms with Crippen molar-refractivity contribution in [3.63, 3.8) is 0 Å². The third kappa shape index (κ3) is 4.19. The van der Waals surface area contributed by atoms with Crippen LogP contribution in [0, 0.1) is 5.92 Å². The van der Waals surface area contributed by atoms with E-state index < -0.39 is 11.7 Å². The summed E-state index contributed by atoms with van der Waals surface area (Å²) in [7, 11) is 0. The molecule has 2 heterocycles. The fraction of sp³-hybridized carbons (Fsp3) is 0.688. The van der Waals surface area contributed by atoms with Crippen LogP contribution in [0.15, 0.2) is 12.1 Å². The molecule has 0 amide bonds. The van der Waals surface area contributed by atoms with Gasteiger partial charge in [-0.3, -0.25) is 9.88 Å². The third-order valence-electron chi connectivity index (χ3n) is 3.96. The SMILES string of the molecule is CC(C)c1nc(CN2CCC[C@H](C)C2)ccc1C(F)(F)F. The zero-order valence-electron chi connectivity index (χ0n) is 12.9. The molecule has 1 atom stereocenters. The van der Waals surface area contributed by atoms with Gasteiger partial charge in [-0.05, 0) is 43.4 Å². The van der Waals surface area contributed by atoms with Gasteiger partial charge in [0.25, 0.3) is 0 Å². The van der Waals surface area contributed by atoms with E-state index >= 15 is 0 Å². The van der Waals surface area contributed by atoms with Gasteiger partial charge in [0.2, 0.25) is 0 Å². The van der Waals surface area contributed by atoms with E-state index in [1.54, 1.807) is 13.8 Å². The molecular formula is C16H23F3N2. The number of hydrogen-bond donors (Lipinski definition) is 0. The Hall–Kier alpha value is -1.10. The monoisotopic (exact) mass is 300 g/mol. The van der Waals surface area contributed by atoms with Crippen LogP contribution in [0.1, 0.15) is 56.5 Å². The third-order valence-corrected chi connectivity index (χ3v) is 3.96. The number of rotatable bonds is 3.